The predicted molar refractivity (Wildman–Crippen MR) is 82.5 cm³/mol. The molecule has 2 rings (SSSR count). The predicted octanol–water partition coefficient (Wildman–Crippen LogP) is 3.85. The van der Waals surface area contributed by atoms with Gasteiger partial charge >= 0.3 is 0 Å². The van der Waals surface area contributed by atoms with Crippen LogP contribution in [0.2, 0.25) is 0 Å². The number of rotatable bonds is 5. The molecule has 3 N–H and O–H groups in total. The molecule has 2 aromatic rings. The van der Waals surface area contributed by atoms with Gasteiger partial charge in [0.15, 0.2) is 0 Å². The van der Waals surface area contributed by atoms with Gasteiger partial charge in [-0.05, 0) is 45.8 Å². The van der Waals surface area contributed by atoms with Crippen molar-refractivity contribution in [2.75, 3.05) is 19.0 Å². The summed E-state index contributed by atoms with van der Waals surface area (Å²) in [6, 6.07) is 8.63. The molecule has 2 aromatic carbocycles. The number of nitrogens with two attached hydrogens (primary N) is 1. The van der Waals surface area contributed by atoms with Crippen LogP contribution in [-0.4, -0.2) is 13.7 Å². The van der Waals surface area contributed by atoms with E-state index in [2.05, 4.69) is 21.2 Å². The number of nitrogens with one attached hydrogen (secondary N) is 1. The van der Waals surface area contributed by atoms with Crippen LogP contribution in [0, 0.1) is 11.6 Å². The van der Waals surface area contributed by atoms with Gasteiger partial charge in [-0.15, -0.1) is 0 Å². The second kappa shape index (κ2) is 6.87. The zero-order valence-electron chi connectivity index (χ0n) is 11.4. The molecule has 0 saturated heterocycles. The fourth-order valence-electron chi connectivity index (χ4n) is 1.94. The van der Waals surface area contributed by atoms with Crippen molar-refractivity contribution in [2.24, 2.45) is 5.73 Å². The van der Waals surface area contributed by atoms with E-state index in [1.807, 2.05) is 0 Å². The zero-order valence-corrected chi connectivity index (χ0v) is 13.0. The van der Waals surface area contributed by atoms with E-state index in [9.17, 15) is 8.78 Å². The van der Waals surface area contributed by atoms with Crippen LogP contribution >= 0.6 is 15.9 Å². The molecule has 21 heavy (non-hydrogen) atoms. The summed E-state index contributed by atoms with van der Waals surface area (Å²) in [7, 11) is 1.51. The molecule has 0 fully saturated rings. The van der Waals surface area contributed by atoms with Crippen molar-refractivity contribution in [3.63, 3.8) is 0 Å². The Kier molecular flexibility index (Phi) is 5.14. The first kappa shape index (κ1) is 15.7. The Morgan fingerprint density at radius 1 is 1.19 bits per heavy atom. The number of halogens is 3. The molecule has 0 aliphatic carbocycles. The number of hydrogen-bond acceptors (Lipinski definition) is 3. The first-order valence-corrected chi connectivity index (χ1v) is 7.09. The number of ether oxygens (including phenoxy) is 1. The second-order valence-corrected chi connectivity index (χ2v) is 5.31. The molecule has 0 spiro atoms. The zero-order chi connectivity index (χ0) is 15.4. The highest BCUT2D eigenvalue weighted by molar-refractivity contribution is 9.10. The van der Waals surface area contributed by atoms with Crippen LogP contribution in [-0.2, 0) is 0 Å². The number of benzene rings is 2. The molecule has 0 heterocycles. The Bertz CT molecular complexity index is 637. The summed E-state index contributed by atoms with van der Waals surface area (Å²) in [6.07, 6.45) is 0. The lowest BCUT2D eigenvalue weighted by Crippen LogP contribution is -2.21. The highest BCUT2D eigenvalue weighted by atomic mass is 79.9. The highest BCUT2D eigenvalue weighted by Crippen LogP contribution is 2.27. The molecular formula is C15H15BrF2N2O. The normalized spacial score (nSPS) is 12.0. The fraction of sp³-hybridized carbons (Fsp3) is 0.200. The van der Waals surface area contributed by atoms with E-state index >= 15 is 0 Å². The molecule has 3 nitrogen and oxygen atoms in total. The van der Waals surface area contributed by atoms with Gasteiger partial charge in [-0.2, -0.15) is 0 Å². The molecule has 6 heteroatoms. The third-order valence-corrected chi connectivity index (χ3v) is 3.69. The van der Waals surface area contributed by atoms with E-state index in [1.54, 1.807) is 18.2 Å². The van der Waals surface area contributed by atoms with Crippen LogP contribution in [0.3, 0.4) is 0 Å². The van der Waals surface area contributed by atoms with Crippen LogP contribution in [0.25, 0.3) is 0 Å². The average molecular weight is 357 g/mol. The van der Waals surface area contributed by atoms with Crippen molar-refractivity contribution >= 4 is 21.6 Å². The smallest absolute Gasteiger partial charge is 0.146 e. The van der Waals surface area contributed by atoms with Crippen LogP contribution in [0.1, 0.15) is 11.6 Å². The van der Waals surface area contributed by atoms with E-state index in [0.717, 1.165) is 5.56 Å². The van der Waals surface area contributed by atoms with Crippen molar-refractivity contribution in [2.45, 2.75) is 6.04 Å². The van der Waals surface area contributed by atoms with Crippen LogP contribution in [0.5, 0.6) is 5.75 Å². The molecule has 0 amide bonds. The van der Waals surface area contributed by atoms with Gasteiger partial charge < -0.3 is 15.8 Å². The Morgan fingerprint density at radius 3 is 2.52 bits per heavy atom. The fourth-order valence-corrected chi connectivity index (χ4v) is 2.33. The molecule has 1 atom stereocenters. The summed E-state index contributed by atoms with van der Waals surface area (Å²) in [5.74, 6) is -0.229. The van der Waals surface area contributed by atoms with E-state index in [4.69, 9.17) is 10.5 Å². The van der Waals surface area contributed by atoms with Gasteiger partial charge in [0.05, 0.1) is 23.3 Å². The van der Waals surface area contributed by atoms with Crippen molar-refractivity contribution < 1.29 is 13.5 Å². The molecule has 0 saturated carbocycles. The van der Waals surface area contributed by atoms with Crippen molar-refractivity contribution in [1.29, 1.82) is 0 Å². The lowest BCUT2D eigenvalue weighted by Gasteiger charge is -2.20. The highest BCUT2D eigenvalue weighted by Gasteiger charge is 2.14. The molecule has 112 valence electrons. The quantitative estimate of drug-likeness (QED) is 0.855. The topological polar surface area (TPSA) is 47.3 Å². The second-order valence-electron chi connectivity index (χ2n) is 4.45. The lowest BCUT2D eigenvalue weighted by atomic mass is 10.1. The standard InChI is InChI=1S/C15H15BrF2N2O/c1-21-10-3-5-13(18)14(7-10)20-15(8-19)9-2-4-12(17)11(16)6-9/h2-7,15,20H,8,19H2,1H3. The molecule has 0 aromatic heterocycles. The van der Waals surface area contributed by atoms with Crippen LogP contribution in [0.15, 0.2) is 40.9 Å². The van der Waals surface area contributed by atoms with Crippen molar-refractivity contribution in [3.8, 4) is 5.75 Å². The Balaban J connectivity index is 2.28. The Morgan fingerprint density at radius 2 is 1.90 bits per heavy atom. The van der Waals surface area contributed by atoms with E-state index in [1.165, 1.54) is 25.3 Å². The van der Waals surface area contributed by atoms with Gasteiger partial charge in [-0.3, -0.25) is 0 Å². The van der Waals surface area contributed by atoms with E-state index < -0.39 is 5.82 Å². The summed E-state index contributed by atoms with van der Waals surface area (Å²) in [5, 5.41) is 3.01. The molecule has 0 radical (unpaired) electrons. The number of hydrogen-bond donors (Lipinski definition) is 2. The van der Waals surface area contributed by atoms with Crippen LogP contribution in [0.4, 0.5) is 14.5 Å². The summed E-state index contributed by atoms with van der Waals surface area (Å²) < 4.78 is 32.5. The first-order valence-electron chi connectivity index (χ1n) is 6.30. The minimum absolute atomic E-state index is 0.231. The SMILES string of the molecule is COc1ccc(F)c(NC(CN)c2ccc(F)c(Br)c2)c1. The summed E-state index contributed by atoms with van der Waals surface area (Å²) in [6.45, 7) is 0.231. The summed E-state index contributed by atoms with van der Waals surface area (Å²) >= 11 is 3.13. The molecule has 0 bridgehead atoms. The Labute approximate surface area is 130 Å². The van der Waals surface area contributed by atoms with Gasteiger partial charge in [-0.1, -0.05) is 6.07 Å². The van der Waals surface area contributed by atoms with Crippen molar-refractivity contribution in [3.05, 3.63) is 58.1 Å². The molecule has 1 unspecified atom stereocenters. The van der Waals surface area contributed by atoms with Gasteiger partial charge in [0.25, 0.3) is 0 Å². The van der Waals surface area contributed by atoms with E-state index in [-0.39, 0.29) is 24.1 Å². The van der Waals surface area contributed by atoms with Crippen molar-refractivity contribution in [1.82, 2.24) is 0 Å². The third-order valence-electron chi connectivity index (χ3n) is 3.08. The summed E-state index contributed by atoms with van der Waals surface area (Å²) in [5.41, 5.74) is 6.78. The van der Waals surface area contributed by atoms with Gasteiger partial charge in [0, 0.05) is 12.6 Å². The maximum Gasteiger partial charge on any atom is 0.146 e. The maximum absolute atomic E-state index is 13.8. The molecule has 0 aliphatic rings. The number of methoxy groups -OCH3 is 1. The van der Waals surface area contributed by atoms with Gasteiger partial charge in [0.2, 0.25) is 0 Å². The monoisotopic (exact) mass is 356 g/mol. The largest absolute Gasteiger partial charge is 0.497 e. The van der Waals surface area contributed by atoms with Gasteiger partial charge in [0.1, 0.15) is 17.4 Å². The minimum Gasteiger partial charge on any atom is -0.497 e. The van der Waals surface area contributed by atoms with Gasteiger partial charge in [-0.25, -0.2) is 8.78 Å². The molecule has 0 aliphatic heterocycles. The lowest BCUT2D eigenvalue weighted by molar-refractivity contribution is 0.414. The maximum atomic E-state index is 13.8. The molecular weight excluding hydrogens is 342 g/mol. The summed E-state index contributed by atoms with van der Waals surface area (Å²) in [4.78, 5) is 0. The van der Waals surface area contributed by atoms with E-state index in [0.29, 0.717) is 10.2 Å². The minimum atomic E-state index is -0.407. The first-order chi connectivity index (χ1) is 10.0. The average Bonchev–Trinajstić information content (AvgIpc) is 2.49. The number of anilines is 1. The Hall–Kier alpha value is -1.66. The third kappa shape index (κ3) is 3.71. The van der Waals surface area contributed by atoms with Crippen LogP contribution < -0.4 is 15.8 Å².